The second-order valence-corrected chi connectivity index (χ2v) is 6.86. The van der Waals surface area contributed by atoms with Crippen molar-refractivity contribution in [1.29, 1.82) is 0 Å². The van der Waals surface area contributed by atoms with Crippen molar-refractivity contribution in [3.05, 3.63) is 103 Å². The highest BCUT2D eigenvalue weighted by molar-refractivity contribution is 5.88. The van der Waals surface area contributed by atoms with Crippen LogP contribution in [-0.2, 0) is 12.8 Å². The van der Waals surface area contributed by atoms with Crippen LogP contribution >= 0.6 is 0 Å². The number of hydrogen-bond acceptors (Lipinski definition) is 3. The summed E-state index contributed by atoms with van der Waals surface area (Å²) in [6.07, 6.45) is 4.29. The van der Waals surface area contributed by atoms with Crippen LogP contribution in [0.1, 0.15) is 11.1 Å². The highest BCUT2D eigenvalue weighted by atomic mass is 19.1. The first-order valence-corrected chi connectivity index (χ1v) is 9.80. The van der Waals surface area contributed by atoms with Gasteiger partial charge in [-0.1, -0.05) is 24.3 Å². The Morgan fingerprint density at radius 3 is 2.35 bits per heavy atom. The van der Waals surface area contributed by atoms with E-state index in [0.29, 0.717) is 24.3 Å². The first-order valence-electron chi connectivity index (χ1n) is 9.80. The van der Waals surface area contributed by atoms with E-state index in [1.807, 2.05) is 42.5 Å². The van der Waals surface area contributed by atoms with Crippen LogP contribution in [0.25, 0.3) is 11.1 Å². The van der Waals surface area contributed by atoms with Crippen molar-refractivity contribution in [2.75, 3.05) is 12.4 Å². The van der Waals surface area contributed by atoms with Crippen molar-refractivity contribution < 1.29 is 18.7 Å². The number of nitrogens with one attached hydrogen (secondary N) is 1. The fraction of sp³-hybridized carbons (Fsp3) is 0.115. The van der Waals surface area contributed by atoms with E-state index < -0.39 is 6.09 Å². The number of hydrogen-bond donors (Lipinski definition) is 1. The number of amides is 1. The van der Waals surface area contributed by atoms with Gasteiger partial charge in [0.2, 0.25) is 0 Å². The topological polar surface area (TPSA) is 47.6 Å². The van der Waals surface area contributed by atoms with Gasteiger partial charge < -0.3 is 9.47 Å². The van der Waals surface area contributed by atoms with Crippen LogP contribution in [0.15, 0.2) is 86.0 Å². The van der Waals surface area contributed by atoms with Crippen molar-refractivity contribution in [1.82, 2.24) is 0 Å². The molecule has 1 N–H and O–H groups in total. The fourth-order valence-electron chi connectivity index (χ4n) is 3.22. The van der Waals surface area contributed by atoms with Crippen LogP contribution in [-0.4, -0.2) is 13.2 Å². The third-order valence-electron chi connectivity index (χ3n) is 4.67. The quantitative estimate of drug-likeness (QED) is 0.422. The zero-order chi connectivity index (χ0) is 22.2. The summed E-state index contributed by atoms with van der Waals surface area (Å²) in [5.41, 5.74) is 4.10. The molecule has 5 heteroatoms. The molecule has 0 spiro atoms. The minimum absolute atomic E-state index is 0.381. The summed E-state index contributed by atoms with van der Waals surface area (Å²) >= 11 is 0. The Kier molecular flexibility index (Phi) is 7.22. The van der Waals surface area contributed by atoms with Gasteiger partial charge in [-0.05, 0) is 78.1 Å². The van der Waals surface area contributed by atoms with Gasteiger partial charge in [-0.2, -0.15) is 0 Å². The van der Waals surface area contributed by atoms with E-state index in [0.717, 1.165) is 28.0 Å². The van der Waals surface area contributed by atoms with Crippen LogP contribution in [0.4, 0.5) is 14.9 Å². The lowest BCUT2D eigenvalue weighted by molar-refractivity contribution is 0.215. The summed E-state index contributed by atoms with van der Waals surface area (Å²) in [6, 6.07) is 16.9. The number of carbonyl (C=O) groups is 1. The molecule has 0 bridgehead atoms. The first-order chi connectivity index (χ1) is 15.0. The van der Waals surface area contributed by atoms with Crippen molar-refractivity contribution in [3.63, 3.8) is 0 Å². The lowest BCUT2D eigenvalue weighted by Crippen LogP contribution is -2.17. The van der Waals surface area contributed by atoms with Crippen LogP contribution in [0.5, 0.6) is 11.5 Å². The molecule has 3 aromatic carbocycles. The number of carbonyl (C=O) groups excluding carboxylic acids is 1. The molecule has 3 aromatic rings. The fourth-order valence-corrected chi connectivity index (χ4v) is 3.22. The second kappa shape index (κ2) is 10.3. The van der Waals surface area contributed by atoms with Crippen molar-refractivity contribution in [2.45, 2.75) is 12.8 Å². The number of allylic oxidation sites excluding steroid dienone is 2. The normalized spacial score (nSPS) is 10.3. The Bertz CT molecular complexity index is 1090. The number of halogens is 1. The molecular weight excluding hydrogens is 393 g/mol. The van der Waals surface area contributed by atoms with Gasteiger partial charge in [-0.25, -0.2) is 9.18 Å². The molecule has 0 aliphatic heterocycles. The summed E-state index contributed by atoms with van der Waals surface area (Å²) in [6.45, 7) is 7.60. The van der Waals surface area contributed by atoms with E-state index in [4.69, 9.17) is 9.47 Å². The molecule has 0 fully saturated rings. The Morgan fingerprint density at radius 2 is 1.68 bits per heavy atom. The van der Waals surface area contributed by atoms with E-state index in [1.54, 1.807) is 13.2 Å². The maximum Gasteiger partial charge on any atom is 0.417 e. The Labute approximate surface area is 181 Å². The third kappa shape index (κ3) is 5.60. The van der Waals surface area contributed by atoms with Gasteiger partial charge in [0.15, 0.2) is 0 Å². The zero-order valence-electron chi connectivity index (χ0n) is 17.4. The van der Waals surface area contributed by atoms with Crippen LogP contribution < -0.4 is 14.8 Å². The van der Waals surface area contributed by atoms with Gasteiger partial charge in [-0.15, -0.1) is 13.2 Å². The maximum atomic E-state index is 13.1. The van der Waals surface area contributed by atoms with Crippen LogP contribution in [0, 0.1) is 5.82 Å². The molecule has 0 saturated heterocycles. The van der Waals surface area contributed by atoms with E-state index in [-0.39, 0.29) is 5.82 Å². The molecule has 0 radical (unpaired) electrons. The molecule has 0 saturated carbocycles. The van der Waals surface area contributed by atoms with Crippen molar-refractivity contribution in [2.24, 2.45) is 0 Å². The molecular formula is C26H24FNO3. The molecule has 0 aliphatic rings. The molecule has 3 rings (SSSR count). The van der Waals surface area contributed by atoms with Crippen LogP contribution in [0.3, 0.4) is 0 Å². The summed E-state index contributed by atoms with van der Waals surface area (Å²) in [4.78, 5) is 12.5. The predicted molar refractivity (Wildman–Crippen MR) is 122 cm³/mol. The number of anilines is 1. The van der Waals surface area contributed by atoms with Gasteiger partial charge in [-0.3, -0.25) is 5.32 Å². The predicted octanol–water partition coefficient (Wildman–Crippen LogP) is 6.57. The second-order valence-electron chi connectivity index (χ2n) is 6.86. The third-order valence-corrected chi connectivity index (χ3v) is 4.67. The minimum Gasteiger partial charge on any atom is -0.496 e. The van der Waals surface area contributed by atoms with Gasteiger partial charge in [0.05, 0.1) is 7.11 Å². The molecule has 0 heterocycles. The Hall–Kier alpha value is -3.86. The van der Waals surface area contributed by atoms with Gasteiger partial charge in [0.1, 0.15) is 17.3 Å². The van der Waals surface area contributed by atoms with Crippen molar-refractivity contribution in [3.8, 4) is 22.6 Å². The van der Waals surface area contributed by atoms with E-state index >= 15 is 0 Å². The lowest BCUT2D eigenvalue weighted by atomic mass is 9.97. The molecule has 4 nitrogen and oxygen atoms in total. The van der Waals surface area contributed by atoms with Crippen LogP contribution in [0.2, 0.25) is 0 Å². The number of ether oxygens (including phenoxy) is 2. The standard InChI is InChI=1S/C26H24FNO3/c1-4-6-18-8-14-25(31-26(29)28-22-12-10-21(27)11-13-22)23(16-18)19-9-15-24(30-3)20(17-19)7-5-2/h4-5,8-17H,1-2,6-7H2,3H3,(H,28,29). The van der Waals surface area contributed by atoms with Crippen molar-refractivity contribution >= 4 is 11.8 Å². The van der Waals surface area contributed by atoms with E-state index in [2.05, 4.69) is 18.5 Å². The maximum absolute atomic E-state index is 13.1. The van der Waals surface area contributed by atoms with E-state index in [9.17, 15) is 9.18 Å². The summed E-state index contributed by atoms with van der Waals surface area (Å²) in [7, 11) is 1.63. The average Bonchev–Trinajstić information content (AvgIpc) is 2.77. The summed E-state index contributed by atoms with van der Waals surface area (Å²) in [5.74, 6) is 0.790. The average molecular weight is 417 g/mol. The Balaban J connectivity index is 1.94. The highest BCUT2D eigenvalue weighted by Gasteiger charge is 2.14. The molecule has 158 valence electrons. The smallest absolute Gasteiger partial charge is 0.417 e. The van der Waals surface area contributed by atoms with Gasteiger partial charge >= 0.3 is 6.09 Å². The van der Waals surface area contributed by atoms with Gasteiger partial charge in [0.25, 0.3) is 0 Å². The highest BCUT2D eigenvalue weighted by Crippen LogP contribution is 2.34. The SMILES string of the molecule is C=CCc1ccc(OC(=O)Nc2ccc(F)cc2)c(-c2ccc(OC)c(CC=C)c2)c1. The van der Waals surface area contributed by atoms with Gasteiger partial charge in [0, 0.05) is 11.3 Å². The minimum atomic E-state index is -0.663. The van der Waals surface area contributed by atoms with E-state index in [1.165, 1.54) is 24.3 Å². The lowest BCUT2D eigenvalue weighted by Gasteiger charge is -2.15. The molecule has 0 aromatic heterocycles. The number of methoxy groups -OCH3 is 1. The molecule has 0 aliphatic carbocycles. The molecule has 31 heavy (non-hydrogen) atoms. The monoisotopic (exact) mass is 417 g/mol. The zero-order valence-corrected chi connectivity index (χ0v) is 17.4. The number of rotatable bonds is 8. The largest absolute Gasteiger partial charge is 0.496 e. The summed E-state index contributed by atoms with van der Waals surface area (Å²) < 4.78 is 24.1. The number of benzene rings is 3. The molecule has 0 unspecified atom stereocenters. The first kappa shape index (κ1) is 21.8. The molecule has 1 amide bonds. The molecule has 0 atom stereocenters. The summed E-state index contributed by atoms with van der Waals surface area (Å²) in [5, 5.41) is 2.61. The Morgan fingerprint density at radius 1 is 0.968 bits per heavy atom.